The Hall–Kier alpha value is -6.57. The number of aromatic carboxylic acids is 4. The van der Waals surface area contributed by atoms with E-state index in [1.54, 1.807) is 24.8 Å². The van der Waals surface area contributed by atoms with Gasteiger partial charge in [-0.15, -0.1) is 0 Å². The average Bonchev–Trinajstić information content (AvgIpc) is 3.14. The topological polar surface area (TPSA) is 421 Å². The van der Waals surface area contributed by atoms with Gasteiger partial charge in [0.25, 0.3) is 0 Å². The van der Waals surface area contributed by atoms with Gasteiger partial charge < -0.3 is 67.0 Å². The molecule has 10 N–H and O–H groups in total. The molecule has 0 unspecified atom stereocenters. The molecule has 6 aromatic rings. The van der Waals surface area contributed by atoms with Crippen molar-refractivity contribution in [3.8, 4) is 22.8 Å². The van der Waals surface area contributed by atoms with Crippen molar-refractivity contribution in [1.29, 1.82) is 0 Å². The Labute approximate surface area is 330 Å². The third-order valence-electron chi connectivity index (χ3n) is 5.29. The molecule has 0 aromatic carbocycles. The summed E-state index contributed by atoms with van der Waals surface area (Å²) in [5.41, 5.74) is 1.54. The molecule has 21 nitrogen and oxygen atoms in total. The van der Waals surface area contributed by atoms with E-state index >= 15 is 0 Å². The fourth-order valence-electron chi connectivity index (χ4n) is 3.18. The molecule has 0 aliphatic heterocycles. The van der Waals surface area contributed by atoms with Gasteiger partial charge in [-0.3, -0.25) is 29.9 Å². The average molecular weight is 852 g/mol. The quantitative estimate of drug-likeness (QED) is 0.141. The van der Waals surface area contributed by atoms with Crippen LogP contribution >= 0.6 is 0 Å². The first-order chi connectivity index (χ1) is 23.2. The molecule has 0 amide bonds. The van der Waals surface area contributed by atoms with Gasteiger partial charge in [-0.2, -0.15) is 0 Å². The van der Waals surface area contributed by atoms with Crippen molar-refractivity contribution in [2.45, 2.75) is 0 Å². The number of nitrogens with zero attached hydrogens (tertiary/aromatic N) is 8. The van der Waals surface area contributed by atoms with Crippen molar-refractivity contribution in [3.63, 3.8) is 0 Å². The fraction of sp³-hybridized carbons (Fsp3) is 0. The standard InChI is InChI=1S/2C10H8N2.2C6H4N2O4.2Ni.5H2O/c2*1-3-7-11-9(5-1)10-6-2-4-8-12-10;2*9-5(10)3-1-7-2-4(8-3)6(11)12;;;;;;;/h2*1-8H;2*1-2H,(H,9,10)(H,11,12);;;5*1H2/q;;;;2*+2;;;;;/p-4. The SMILES string of the molecule is O.O.O.O.O.O=C([O-])c1cncc(C(=O)[O-])n1.O=C([O-])c1cncc(C(=O)[O-])n1.[Ni+2].[Ni+2].c1ccc(-c2ccccn2)nc1.c1ccc(-c2ccccn2)nc1. The number of carboxylic acids is 4. The van der Waals surface area contributed by atoms with Crippen LogP contribution in [0.4, 0.5) is 0 Å². The molecule has 0 bridgehead atoms. The molecule has 0 radical (unpaired) electrons. The minimum absolute atomic E-state index is 0. The number of carbonyl (C=O) groups excluding carboxylic acids is 4. The van der Waals surface area contributed by atoms with E-state index in [1.165, 1.54) is 0 Å². The molecule has 0 saturated heterocycles. The number of rotatable bonds is 6. The first kappa shape index (κ1) is 57.8. The summed E-state index contributed by atoms with van der Waals surface area (Å²) in [6.07, 6.45) is 10.6. The van der Waals surface area contributed by atoms with Gasteiger partial charge in [0.2, 0.25) is 0 Å². The van der Waals surface area contributed by atoms with Crippen LogP contribution in [0.1, 0.15) is 42.0 Å². The maximum absolute atomic E-state index is 10.1. The molecular formula is C32H30N8Ni2O13. The third kappa shape index (κ3) is 20.3. The predicted molar refractivity (Wildman–Crippen MR) is 174 cm³/mol. The molecule has 23 heteroatoms. The summed E-state index contributed by atoms with van der Waals surface area (Å²) in [6.45, 7) is 0. The van der Waals surface area contributed by atoms with Gasteiger partial charge in [0.15, 0.2) is 0 Å². The van der Waals surface area contributed by atoms with Gasteiger partial charge in [-0.05, 0) is 48.5 Å². The zero-order chi connectivity index (χ0) is 34.7. The van der Waals surface area contributed by atoms with Gasteiger partial charge in [-0.25, -0.2) is 9.97 Å². The van der Waals surface area contributed by atoms with Crippen LogP contribution in [0.15, 0.2) is 122 Å². The second-order valence-electron chi connectivity index (χ2n) is 8.59. The van der Waals surface area contributed by atoms with E-state index in [4.69, 9.17) is 0 Å². The summed E-state index contributed by atoms with van der Waals surface area (Å²) < 4.78 is 0. The van der Waals surface area contributed by atoms with Gasteiger partial charge >= 0.3 is 33.0 Å². The largest absolute Gasteiger partial charge is 2.00 e. The van der Waals surface area contributed by atoms with Crippen molar-refractivity contribution >= 4 is 23.9 Å². The Morgan fingerprint density at radius 2 is 0.564 bits per heavy atom. The van der Waals surface area contributed by atoms with Crippen LogP contribution in [-0.4, -0.2) is 91.1 Å². The minimum atomic E-state index is -1.58. The molecule has 0 atom stereocenters. The molecule has 55 heavy (non-hydrogen) atoms. The molecule has 6 rings (SSSR count). The molecule has 296 valence electrons. The summed E-state index contributed by atoms with van der Waals surface area (Å²) in [4.78, 5) is 70.4. The van der Waals surface area contributed by atoms with Crippen LogP contribution in [0.3, 0.4) is 0 Å². The van der Waals surface area contributed by atoms with E-state index in [0.717, 1.165) is 47.6 Å². The Balaban J connectivity index is -0.000000194. The summed E-state index contributed by atoms with van der Waals surface area (Å²) in [5.74, 6) is -6.31. The zero-order valence-corrected chi connectivity index (χ0v) is 29.5. The van der Waals surface area contributed by atoms with Crippen molar-refractivity contribution in [3.05, 3.63) is 145 Å². The van der Waals surface area contributed by atoms with Crippen molar-refractivity contribution in [1.82, 2.24) is 39.9 Å². The first-order valence-corrected chi connectivity index (χ1v) is 13.3. The molecule has 0 aliphatic carbocycles. The molecular weight excluding hydrogens is 822 g/mol. The number of hydrogen-bond acceptors (Lipinski definition) is 16. The smallest absolute Gasteiger partial charge is 0.543 e. The maximum Gasteiger partial charge on any atom is 2.00 e. The number of pyridine rings is 4. The number of carboxylic acid groups (broad SMARTS) is 4. The van der Waals surface area contributed by atoms with E-state index in [1.807, 2.05) is 72.8 Å². The van der Waals surface area contributed by atoms with Crippen LogP contribution in [0, 0.1) is 0 Å². The molecule has 0 aliphatic rings. The summed E-state index contributed by atoms with van der Waals surface area (Å²) in [5, 5.41) is 40.6. The Kier molecular flexibility index (Phi) is 32.6. The van der Waals surface area contributed by atoms with Crippen LogP contribution in [0.5, 0.6) is 0 Å². The van der Waals surface area contributed by atoms with Crippen molar-refractivity contribution in [2.24, 2.45) is 0 Å². The molecule has 6 aromatic heterocycles. The van der Waals surface area contributed by atoms with Gasteiger partial charge in [0.05, 0.1) is 71.4 Å². The van der Waals surface area contributed by atoms with Crippen LogP contribution in [0.2, 0.25) is 0 Å². The summed E-state index contributed by atoms with van der Waals surface area (Å²) in [7, 11) is 0. The van der Waals surface area contributed by atoms with E-state index in [0.29, 0.717) is 0 Å². The second kappa shape index (κ2) is 31.0. The normalized spacial score (nSPS) is 8.29. The van der Waals surface area contributed by atoms with E-state index in [2.05, 4.69) is 39.9 Å². The molecule has 0 fully saturated rings. The first-order valence-electron chi connectivity index (χ1n) is 13.3. The van der Waals surface area contributed by atoms with E-state index in [-0.39, 0.29) is 60.4 Å². The van der Waals surface area contributed by atoms with Gasteiger partial charge in [0, 0.05) is 24.8 Å². The Bertz CT molecular complexity index is 1680. The fourth-order valence-corrected chi connectivity index (χ4v) is 3.18. The summed E-state index contributed by atoms with van der Waals surface area (Å²) in [6, 6.07) is 23.2. The van der Waals surface area contributed by atoms with Gasteiger partial charge in [-0.1, -0.05) is 24.3 Å². The second-order valence-corrected chi connectivity index (χ2v) is 8.59. The van der Waals surface area contributed by atoms with Crippen LogP contribution in [-0.2, 0) is 33.0 Å². The van der Waals surface area contributed by atoms with E-state index in [9.17, 15) is 39.6 Å². The zero-order valence-electron chi connectivity index (χ0n) is 27.5. The van der Waals surface area contributed by atoms with Crippen molar-refractivity contribution in [2.75, 3.05) is 0 Å². The predicted octanol–water partition coefficient (Wildman–Crippen LogP) is -5.43. The number of aromatic nitrogens is 8. The third-order valence-corrected chi connectivity index (χ3v) is 5.29. The van der Waals surface area contributed by atoms with Crippen LogP contribution in [0.25, 0.3) is 22.8 Å². The van der Waals surface area contributed by atoms with Crippen LogP contribution < -0.4 is 20.4 Å². The number of hydrogen-bond donors (Lipinski definition) is 0. The monoisotopic (exact) mass is 850 g/mol. The number of carbonyl (C=O) groups is 4. The minimum Gasteiger partial charge on any atom is -0.543 e. The van der Waals surface area contributed by atoms with E-state index < -0.39 is 46.7 Å². The van der Waals surface area contributed by atoms with Gasteiger partial charge in [0.1, 0.15) is 22.8 Å². The molecule has 0 saturated carbocycles. The van der Waals surface area contributed by atoms with Crippen molar-refractivity contribution < 1.29 is 100.0 Å². The Morgan fingerprint density at radius 1 is 0.364 bits per heavy atom. The summed E-state index contributed by atoms with van der Waals surface area (Å²) >= 11 is 0. The molecule has 0 spiro atoms. The molecule has 6 heterocycles. The Morgan fingerprint density at radius 3 is 0.709 bits per heavy atom. The maximum atomic E-state index is 10.1.